The maximum atomic E-state index is 12.3. The lowest BCUT2D eigenvalue weighted by molar-refractivity contribution is -0.135. The smallest absolute Gasteiger partial charge is 0.260 e. The zero-order chi connectivity index (χ0) is 17.6. The molecule has 1 amide bonds. The van der Waals surface area contributed by atoms with Gasteiger partial charge in [-0.3, -0.25) is 9.69 Å². The van der Waals surface area contributed by atoms with Crippen molar-refractivity contribution in [3.63, 3.8) is 0 Å². The van der Waals surface area contributed by atoms with Gasteiger partial charge in [-0.15, -0.1) is 0 Å². The summed E-state index contributed by atoms with van der Waals surface area (Å²) >= 11 is 5.84. The predicted molar refractivity (Wildman–Crippen MR) is 100.0 cm³/mol. The molecule has 0 N–H and O–H groups in total. The van der Waals surface area contributed by atoms with E-state index in [0.29, 0.717) is 16.8 Å². The van der Waals surface area contributed by atoms with Crippen molar-refractivity contribution in [2.75, 3.05) is 32.8 Å². The van der Waals surface area contributed by atoms with Crippen LogP contribution in [0.3, 0.4) is 0 Å². The van der Waals surface area contributed by atoms with Crippen LogP contribution in [0.15, 0.2) is 54.6 Å². The highest BCUT2D eigenvalue weighted by Crippen LogP contribution is 2.21. The highest BCUT2D eigenvalue weighted by molar-refractivity contribution is 6.30. The number of piperazine rings is 1. The minimum atomic E-state index is 0.0296. The summed E-state index contributed by atoms with van der Waals surface area (Å²) in [6, 6.07) is 17.9. The highest BCUT2D eigenvalue weighted by atomic mass is 35.5. The Bertz CT molecular complexity index is 683. The molecule has 1 fully saturated rings. The minimum absolute atomic E-state index is 0.0296. The monoisotopic (exact) mass is 358 g/mol. The van der Waals surface area contributed by atoms with Crippen LogP contribution in [0.25, 0.3) is 0 Å². The van der Waals surface area contributed by atoms with Crippen LogP contribution in [0.4, 0.5) is 0 Å². The maximum Gasteiger partial charge on any atom is 0.260 e. The predicted octanol–water partition coefficient (Wildman–Crippen LogP) is 3.62. The van der Waals surface area contributed by atoms with E-state index in [1.807, 2.05) is 11.0 Å². The van der Waals surface area contributed by atoms with Crippen molar-refractivity contribution in [1.82, 2.24) is 9.80 Å². The Morgan fingerprint density at radius 2 is 1.68 bits per heavy atom. The Kier molecular flexibility index (Phi) is 5.95. The fraction of sp³-hybridized carbons (Fsp3) is 0.350. The van der Waals surface area contributed by atoms with E-state index in [4.69, 9.17) is 16.3 Å². The number of ether oxygens (including phenoxy) is 1. The minimum Gasteiger partial charge on any atom is -0.484 e. The summed E-state index contributed by atoms with van der Waals surface area (Å²) in [6.07, 6.45) is 0. The molecule has 1 aliphatic heterocycles. The van der Waals surface area contributed by atoms with Crippen LogP contribution < -0.4 is 4.74 Å². The van der Waals surface area contributed by atoms with E-state index in [0.717, 1.165) is 26.2 Å². The average molecular weight is 359 g/mol. The molecular weight excluding hydrogens is 336 g/mol. The Labute approximate surface area is 154 Å². The second kappa shape index (κ2) is 8.37. The summed E-state index contributed by atoms with van der Waals surface area (Å²) in [6.45, 7) is 5.51. The van der Waals surface area contributed by atoms with Gasteiger partial charge in [-0.2, -0.15) is 0 Å². The number of amides is 1. The number of hydrogen-bond acceptors (Lipinski definition) is 3. The molecule has 1 saturated heterocycles. The van der Waals surface area contributed by atoms with Crippen LogP contribution in [0.2, 0.25) is 5.02 Å². The summed E-state index contributed by atoms with van der Waals surface area (Å²) < 4.78 is 5.56. The van der Waals surface area contributed by atoms with Gasteiger partial charge >= 0.3 is 0 Å². The number of benzene rings is 2. The number of hydrogen-bond donors (Lipinski definition) is 0. The first-order valence-corrected chi connectivity index (χ1v) is 8.96. The van der Waals surface area contributed by atoms with E-state index in [1.54, 1.807) is 24.3 Å². The lowest BCUT2D eigenvalue weighted by atomic mass is 10.1. The molecular formula is C20H23ClN2O2. The van der Waals surface area contributed by atoms with Crippen LogP contribution in [0.5, 0.6) is 5.75 Å². The molecule has 0 saturated carbocycles. The maximum absolute atomic E-state index is 12.3. The highest BCUT2D eigenvalue weighted by Gasteiger charge is 2.24. The fourth-order valence-electron chi connectivity index (χ4n) is 3.07. The number of carbonyl (C=O) groups excluding carboxylic acids is 1. The van der Waals surface area contributed by atoms with Gasteiger partial charge in [0, 0.05) is 37.2 Å². The Balaban J connectivity index is 1.46. The summed E-state index contributed by atoms with van der Waals surface area (Å²) in [4.78, 5) is 16.6. The van der Waals surface area contributed by atoms with Crippen molar-refractivity contribution < 1.29 is 9.53 Å². The molecule has 3 rings (SSSR count). The van der Waals surface area contributed by atoms with Crippen molar-refractivity contribution in [1.29, 1.82) is 0 Å². The molecule has 0 radical (unpaired) electrons. The SMILES string of the molecule is CC(c1ccccc1)N1CCN(C(=O)COc2ccc(Cl)cc2)CC1. The van der Waals surface area contributed by atoms with Crippen LogP contribution in [-0.4, -0.2) is 48.5 Å². The van der Waals surface area contributed by atoms with Crippen molar-refractivity contribution >= 4 is 17.5 Å². The first kappa shape index (κ1) is 17.8. The van der Waals surface area contributed by atoms with Crippen molar-refractivity contribution in [3.05, 3.63) is 65.2 Å². The molecule has 1 heterocycles. The number of rotatable bonds is 5. The third-order valence-electron chi connectivity index (χ3n) is 4.67. The zero-order valence-corrected chi connectivity index (χ0v) is 15.2. The summed E-state index contributed by atoms with van der Waals surface area (Å²) in [7, 11) is 0. The zero-order valence-electron chi connectivity index (χ0n) is 14.4. The van der Waals surface area contributed by atoms with Crippen LogP contribution in [-0.2, 0) is 4.79 Å². The molecule has 0 bridgehead atoms. The second-order valence-electron chi connectivity index (χ2n) is 6.25. The molecule has 25 heavy (non-hydrogen) atoms. The molecule has 132 valence electrons. The summed E-state index contributed by atoms with van der Waals surface area (Å²) in [5.74, 6) is 0.691. The normalized spacial score (nSPS) is 16.5. The topological polar surface area (TPSA) is 32.8 Å². The molecule has 4 nitrogen and oxygen atoms in total. The third kappa shape index (κ3) is 4.74. The average Bonchev–Trinajstić information content (AvgIpc) is 2.67. The van der Waals surface area contributed by atoms with Crippen LogP contribution in [0, 0.1) is 0 Å². The second-order valence-corrected chi connectivity index (χ2v) is 6.68. The van der Waals surface area contributed by atoms with Gasteiger partial charge in [0.15, 0.2) is 6.61 Å². The largest absolute Gasteiger partial charge is 0.484 e. The van der Waals surface area contributed by atoms with Crippen LogP contribution in [0.1, 0.15) is 18.5 Å². The molecule has 0 spiro atoms. The van der Waals surface area contributed by atoms with Crippen molar-refractivity contribution in [3.8, 4) is 5.75 Å². The molecule has 1 aliphatic rings. The molecule has 0 aliphatic carbocycles. The van der Waals surface area contributed by atoms with Crippen molar-refractivity contribution in [2.45, 2.75) is 13.0 Å². The number of carbonyl (C=O) groups is 1. The van der Waals surface area contributed by atoms with Gasteiger partial charge in [0.2, 0.25) is 0 Å². The molecule has 5 heteroatoms. The lowest BCUT2D eigenvalue weighted by Crippen LogP contribution is -2.50. The Morgan fingerprint density at radius 1 is 1.04 bits per heavy atom. The van der Waals surface area contributed by atoms with Gasteiger partial charge in [-0.25, -0.2) is 0 Å². The van der Waals surface area contributed by atoms with E-state index >= 15 is 0 Å². The molecule has 2 aromatic carbocycles. The number of nitrogens with zero attached hydrogens (tertiary/aromatic N) is 2. The summed E-state index contributed by atoms with van der Waals surface area (Å²) in [5, 5.41) is 0.655. The number of halogens is 1. The molecule has 2 aromatic rings. The van der Waals surface area contributed by atoms with E-state index in [1.165, 1.54) is 5.56 Å². The summed E-state index contributed by atoms with van der Waals surface area (Å²) in [5.41, 5.74) is 1.31. The van der Waals surface area contributed by atoms with Crippen molar-refractivity contribution in [2.24, 2.45) is 0 Å². The fourth-order valence-corrected chi connectivity index (χ4v) is 3.19. The first-order chi connectivity index (χ1) is 12.1. The van der Waals surface area contributed by atoms with E-state index < -0.39 is 0 Å². The first-order valence-electron chi connectivity index (χ1n) is 8.58. The van der Waals surface area contributed by atoms with Gasteiger partial charge in [-0.05, 0) is 36.8 Å². The van der Waals surface area contributed by atoms with Gasteiger partial charge in [-0.1, -0.05) is 41.9 Å². The van der Waals surface area contributed by atoms with Crippen LogP contribution >= 0.6 is 11.6 Å². The third-order valence-corrected chi connectivity index (χ3v) is 4.92. The van der Waals surface area contributed by atoms with Gasteiger partial charge in [0.1, 0.15) is 5.75 Å². The standard InChI is InChI=1S/C20H23ClN2O2/c1-16(17-5-3-2-4-6-17)22-11-13-23(14-12-22)20(24)15-25-19-9-7-18(21)8-10-19/h2-10,16H,11-15H2,1H3. The molecule has 0 aromatic heterocycles. The van der Waals surface area contributed by atoms with E-state index in [-0.39, 0.29) is 12.5 Å². The van der Waals surface area contributed by atoms with Gasteiger partial charge < -0.3 is 9.64 Å². The quantitative estimate of drug-likeness (QED) is 0.818. The molecule has 1 atom stereocenters. The Morgan fingerprint density at radius 3 is 2.32 bits per heavy atom. The van der Waals surface area contributed by atoms with Gasteiger partial charge in [0.05, 0.1) is 0 Å². The molecule has 1 unspecified atom stereocenters. The van der Waals surface area contributed by atoms with E-state index in [2.05, 4.69) is 36.1 Å². The van der Waals surface area contributed by atoms with Gasteiger partial charge in [0.25, 0.3) is 5.91 Å². The lowest BCUT2D eigenvalue weighted by Gasteiger charge is -2.38. The Hall–Kier alpha value is -2.04. The van der Waals surface area contributed by atoms with E-state index in [9.17, 15) is 4.79 Å².